The molecule has 0 saturated carbocycles. The minimum absolute atomic E-state index is 0.140. The quantitative estimate of drug-likeness (QED) is 0.386. The second-order valence-electron chi connectivity index (χ2n) is 5.98. The Labute approximate surface area is 159 Å². The summed E-state index contributed by atoms with van der Waals surface area (Å²) in [6.07, 6.45) is 0. The Morgan fingerprint density at radius 3 is 2.79 bits per heavy atom. The summed E-state index contributed by atoms with van der Waals surface area (Å²) in [7, 11) is 1.58. The standard InChI is InChI=1S/C21H15NO6/c1-25-16-7-4-6-13(9-16)19-11-15(22-28-19)12-26-20(23)17-10-14-5-2-3-8-18(14)27-21(17)24/h2-11H,12H2,1H3. The maximum absolute atomic E-state index is 12.3. The zero-order valence-electron chi connectivity index (χ0n) is 14.9. The number of aromatic nitrogens is 1. The molecule has 28 heavy (non-hydrogen) atoms. The van der Waals surface area contributed by atoms with Gasteiger partial charge in [0.15, 0.2) is 5.76 Å². The van der Waals surface area contributed by atoms with Gasteiger partial charge in [-0.1, -0.05) is 35.5 Å². The van der Waals surface area contributed by atoms with Crippen molar-refractivity contribution in [2.24, 2.45) is 0 Å². The fourth-order valence-corrected chi connectivity index (χ4v) is 2.71. The van der Waals surface area contributed by atoms with Crippen LogP contribution in [0, 0.1) is 0 Å². The molecule has 0 amide bonds. The van der Waals surface area contributed by atoms with Gasteiger partial charge in [0.2, 0.25) is 0 Å². The minimum atomic E-state index is -0.787. The van der Waals surface area contributed by atoms with Crippen molar-refractivity contribution in [3.8, 4) is 17.1 Å². The van der Waals surface area contributed by atoms with Gasteiger partial charge in [0.1, 0.15) is 29.2 Å². The maximum Gasteiger partial charge on any atom is 0.351 e. The Morgan fingerprint density at radius 2 is 1.93 bits per heavy atom. The van der Waals surface area contributed by atoms with Gasteiger partial charge < -0.3 is 18.4 Å². The number of para-hydroxylation sites is 1. The molecular weight excluding hydrogens is 362 g/mol. The van der Waals surface area contributed by atoms with Gasteiger partial charge in [-0.05, 0) is 24.3 Å². The molecule has 2 heterocycles. The fraction of sp³-hybridized carbons (Fsp3) is 0.0952. The first-order valence-electron chi connectivity index (χ1n) is 8.44. The monoisotopic (exact) mass is 377 g/mol. The molecule has 0 N–H and O–H groups in total. The number of hydrogen-bond acceptors (Lipinski definition) is 7. The molecule has 140 valence electrons. The molecule has 0 spiro atoms. The predicted molar refractivity (Wildman–Crippen MR) is 100 cm³/mol. The van der Waals surface area contributed by atoms with Gasteiger partial charge in [-0.15, -0.1) is 0 Å². The number of ether oxygens (including phenoxy) is 2. The largest absolute Gasteiger partial charge is 0.497 e. The van der Waals surface area contributed by atoms with E-state index in [0.717, 1.165) is 5.56 Å². The van der Waals surface area contributed by atoms with Crippen LogP contribution in [0.4, 0.5) is 0 Å². The average molecular weight is 377 g/mol. The third kappa shape index (κ3) is 3.50. The van der Waals surface area contributed by atoms with Crippen LogP contribution >= 0.6 is 0 Å². The molecular formula is C21H15NO6. The molecule has 0 aliphatic carbocycles. The molecule has 2 aromatic heterocycles. The van der Waals surface area contributed by atoms with Gasteiger partial charge in [0.25, 0.3) is 0 Å². The minimum Gasteiger partial charge on any atom is -0.497 e. The van der Waals surface area contributed by atoms with Crippen molar-refractivity contribution < 1.29 is 23.2 Å². The lowest BCUT2D eigenvalue weighted by Crippen LogP contribution is -2.16. The number of carbonyl (C=O) groups excluding carboxylic acids is 1. The highest BCUT2D eigenvalue weighted by Crippen LogP contribution is 2.24. The lowest BCUT2D eigenvalue weighted by Gasteiger charge is -2.02. The topological polar surface area (TPSA) is 91.8 Å². The smallest absolute Gasteiger partial charge is 0.351 e. The lowest BCUT2D eigenvalue weighted by atomic mass is 10.1. The molecule has 0 fully saturated rings. The second kappa shape index (κ2) is 7.40. The molecule has 7 nitrogen and oxygen atoms in total. The summed E-state index contributed by atoms with van der Waals surface area (Å²) in [6, 6.07) is 17.3. The van der Waals surface area contributed by atoms with Gasteiger partial charge in [-0.25, -0.2) is 9.59 Å². The summed E-state index contributed by atoms with van der Waals surface area (Å²) in [5.41, 5.74) is 0.676. The SMILES string of the molecule is COc1cccc(-c2cc(COC(=O)c3cc4ccccc4oc3=O)no2)c1. The molecule has 0 aliphatic rings. The third-order valence-electron chi connectivity index (χ3n) is 4.13. The van der Waals surface area contributed by atoms with Gasteiger partial charge in [0.05, 0.1) is 7.11 Å². The Kier molecular flexibility index (Phi) is 4.63. The van der Waals surface area contributed by atoms with E-state index in [0.29, 0.717) is 28.2 Å². The average Bonchev–Trinajstić information content (AvgIpc) is 3.20. The highest BCUT2D eigenvalue weighted by Gasteiger charge is 2.16. The lowest BCUT2D eigenvalue weighted by molar-refractivity contribution is 0.0459. The van der Waals surface area contributed by atoms with Crippen LogP contribution < -0.4 is 10.4 Å². The summed E-state index contributed by atoms with van der Waals surface area (Å²) < 4.78 is 20.8. The summed E-state index contributed by atoms with van der Waals surface area (Å²) in [5, 5.41) is 4.53. The predicted octanol–water partition coefficient (Wildman–Crippen LogP) is 3.81. The van der Waals surface area contributed by atoms with Gasteiger partial charge >= 0.3 is 11.6 Å². The zero-order valence-corrected chi connectivity index (χ0v) is 14.9. The molecule has 7 heteroatoms. The van der Waals surface area contributed by atoms with E-state index in [9.17, 15) is 9.59 Å². The molecule has 0 bridgehead atoms. The van der Waals surface area contributed by atoms with E-state index in [1.165, 1.54) is 6.07 Å². The molecule has 4 rings (SSSR count). The summed E-state index contributed by atoms with van der Waals surface area (Å²) in [6.45, 7) is -0.140. The van der Waals surface area contributed by atoms with Crippen LogP contribution in [0.5, 0.6) is 5.75 Å². The van der Waals surface area contributed by atoms with E-state index in [-0.39, 0.29) is 12.2 Å². The Balaban J connectivity index is 1.49. The highest BCUT2D eigenvalue weighted by molar-refractivity contribution is 5.92. The Bertz CT molecular complexity index is 1210. The number of hydrogen-bond donors (Lipinski definition) is 0. The summed E-state index contributed by atoms with van der Waals surface area (Å²) in [5.74, 6) is 0.408. The highest BCUT2D eigenvalue weighted by atomic mass is 16.5. The van der Waals surface area contributed by atoms with Crippen LogP contribution in [0.3, 0.4) is 0 Å². The van der Waals surface area contributed by atoms with Crippen molar-refractivity contribution in [3.05, 3.63) is 82.3 Å². The first-order valence-corrected chi connectivity index (χ1v) is 8.44. The molecule has 0 saturated heterocycles. The first kappa shape index (κ1) is 17.5. The number of esters is 1. The van der Waals surface area contributed by atoms with Crippen molar-refractivity contribution in [1.29, 1.82) is 0 Å². The first-order chi connectivity index (χ1) is 13.6. The van der Waals surface area contributed by atoms with Crippen molar-refractivity contribution >= 4 is 16.9 Å². The van der Waals surface area contributed by atoms with Gasteiger partial charge in [0, 0.05) is 17.0 Å². The molecule has 4 aromatic rings. The van der Waals surface area contributed by atoms with E-state index >= 15 is 0 Å². The molecule has 0 radical (unpaired) electrons. The van der Waals surface area contributed by atoms with Crippen molar-refractivity contribution in [1.82, 2.24) is 5.16 Å². The van der Waals surface area contributed by atoms with E-state index in [1.54, 1.807) is 43.5 Å². The van der Waals surface area contributed by atoms with Crippen LogP contribution in [0.2, 0.25) is 0 Å². The van der Waals surface area contributed by atoms with Crippen LogP contribution in [-0.4, -0.2) is 18.2 Å². The molecule has 0 aliphatic heterocycles. The summed E-state index contributed by atoms with van der Waals surface area (Å²) in [4.78, 5) is 24.3. The number of benzene rings is 2. The number of nitrogens with zero attached hydrogens (tertiary/aromatic N) is 1. The third-order valence-corrected chi connectivity index (χ3v) is 4.13. The van der Waals surface area contributed by atoms with E-state index in [2.05, 4.69) is 5.16 Å². The van der Waals surface area contributed by atoms with Crippen molar-refractivity contribution in [3.63, 3.8) is 0 Å². The van der Waals surface area contributed by atoms with E-state index in [1.807, 2.05) is 18.2 Å². The summed E-state index contributed by atoms with van der Waals surface area (Å²) >= 11 is 0. The molecule has 0 unspecified atom stereocenters. The van der Waals surface area contributed by atoms with Crippen LogP contribution in [0.15, 0.2) is 74.4 Å². The molecule has 0 atom stereocenters. The fourth-order valence-electron chi connectivity index (χ4n) is 2.71. The normalized spacial score (nSPS) is 10.8. The Hall–Kier alpha value is -3.87. The van der Waals surface area contributed by atoms with Crippen molar-refractivity contribution in [2.75, 3.05) is 7.11 Å². The van der Waals surface area contributed by atoms with E-state index < -0.39 is 11.6 Å². The van der Waals surface area contributed by atoms with Crippen LogP contribution in [0.1, 0.15) is 16.1 Å². The van der Waals surface area contributed by atoms with Crippen LogP contribution in [0.25, 0.3) is 22.3 Å². The number of carbonyl (C=O) groups is 1. The number of fused-ring (bicyclic) bond motifs is 1. The number of rotatable bonds is 5. The number of methoxy groups -OCH3 is 1. The van der Waals surface area contributed by atoms with E-state index in [4.69, 9.17) is 18.4 Å². The van der Waals surface area contributed by atoms with Crippen molar-refractivity contribution in [2.45, 2.75) is 6.61 Å². The molecule has 2 aromatic carbocycles. The Morgan fingerprint density at radius 1 is 1.07 bits per heavy atom. The second-order valence-corrected chi connectivity index (χ2v) is 5.98. The maximum atomic E-state index is 12.3. The van der Waals surface area contributed by atoms with Gasteiger partial charge in [-0.2, -0.15) is 0 Å². The van der Waals surface area contributed by atoms with Gasteiger partial charge in [-0.3, -0.25) is 0 Å². The zero-order chi connectivity index (χ0) is 19.5. The van der Waals surface area contributed by atoms with Crippen LogP contribution in [-0.2, 0) is 11.3 Å².